The highest BCUT2D eigenvalue weighted by molar-refractivity contribution is 6.19. The molecule has 0 spiro atoms. The summed E-state index contributed by atoms with van der Waals surface area (Å²) >= 11 is 0. The van der Waals surface area contributed by atoms with Gasteiger partial charge in [0, 0.05) is 19.5 Å². The monoisotopic (exact) mass is 210 g/mol. The summed E-state index contributed by atoms with van der Waals surface area (Å²) in [5, 5.41) is 2.94. The van der Waals surface area contributed by atoms with E-state index in [1.807, 2.05) is 6.92 Å². The first-order valence-corrected chi connectivity index (χ1v) is 5.29. The van der Waals surface area contributed by atoms with Crippen molar-refractivity contribution in [1.29, 1.82) is 0 Å². The van der Waals surface area contributed by atoms with E-state index in [1.54, 1.807) is 7.05 Å². The van der Waals surface area contributed by atoms with E-state index in [1.165, 1.54) is 4.90 Å². The van der Waals surface area contributed by atoms with Crippen molar-refractivity contribution in [3.8, 4) is 0 Å². The number of Topliss-reactive ketones (excluding diaryl/α,β-unsaturated/α-hetero) is 1. The van der Waals surface area contributed by atoms with Gasteiger partial charge in [0.25, 0.3) is 0 Å². The maximum absolute atomic E-state index is 11.4. The van der Waals surface area contributed by atoms with Crippen LogP contribution in [0.2, 0.25) is 6.32 Å². The highest BCUT2D eigenvalue weighted by atomic mass is 16.2. The maximum atomic E-state index is 11.4. The van der Waals surface area contributed by atoms with Gasteiger partial charge in [-0.15, -0.1) is 0 Å². The van der Waals surface area contributed by atoms with Crippen molar-refractivity contribution in [3.63, 3.8) is 0 Å². The Morgan fingerprint density at radius 1 is 1.40 bits per heavy atom. The molecule has 0 saturated heterocycles. The number of ketones is 1. The molecule has 0 aliphatic rings. The largest absolute Gasteiger partial charge is 0.335 e. The fourth-order valence-corrected chi connectivity index (χ4v) is 1.24. The van der Waals surface area contributed by atoms with Crippen molar-refractivity contribution in [2.75, 3.05) is 26.7 Å². The fraction of sp³-hybridized carbons (Fsp3) is 0.800. The summed E-state index contributed by atoms with van der Waals surface area (Å²) in [6, 6.07) is 0. The van der Waals surface area contributed by atoms with E-state index in [0.717, 1.165) is 6.42 Å². The lowest BCUT2D eigenvalue weighted by Gasteiger charge is -2.21. The van der Waals surface area contributed by atoms with E-state index in [4.69, 9.17) is 7.85 Å². The van der Waals surface area contributed by atoms with Crippen LogP contribution in [0, 0.1) is 0 Å². The molecule has 0 bridgehead atoms. The zero-order chi connectivity index (χ0) is 11.7. The van der Waals surface area contributed by atoms with Crippen molar-refractivity contribution in [3.05, 3.63) is 0 Å². The van der Waals surface area contributed by atoms with Gasteiger partial charge in [-0.05, 0) is 19.8 Å². The molecule has 0 unspecified atom stereocenters. The highest BCUT2D eigenvalue weighted by Crippen LogP contribution is 1.97. The van der Waals surface area contributed by atoms with Crippen molar-refractivity contribution >= 4 is 19.5 Å². The lowest BCUT2D eigenvalue weighted by molar-refractivity contribution is -0.133. The van der Waals surface area contributed by atoms with E-state index in [2.05, 4.69) is 5.32 Å². The van der Waals surface area contributed by atoms with Crippen molar-refractivity contribution in [2.45, 2.75) is 26.1 Å². The number of amides is 1. The molecule has 0 aromatic heterocycles. The van der Waals surface area contributed by atoms with Crippen LogP contribution in [0.1, 0.15) is 19.8 Å². The Bertz CT molecular complexity index is 210. The van der Waals surface area contributed by atoms with E-state index < -0.39 is 0 Å². The summed E-state index contributed by atoms with van der Waals surface area (Å²) in [6.45, 7) is 3.33. The number of nitrogens with zero attached hydrogens (tertiary/aromatic N) is 1. The van der Waals surface area contributed by atoms with Crippen LogP contribution in [0.25, 0.3) is 0 Å². The molecule has 0 aromatic carbocycles. The Balaban J connectivity index is 4.11. The molecule has 84 valence electrons. The molecule has 0 rings (SSSR count). The minimum absolute atomic E-state index is 0.0386. The van der Waals surface area contributed by atoms with Gasteiger partial charge in [-0.3, -0.25) is 9.59 Å². The van der Waals surface area contributed by atoms with Crippen LogP contribution in [-0.2, 0) is 9.59 Å². The number of nitrogens with one attached hydrogen (secondary N) is 1. The van der Waals surface area contributed by atoms with Gasteiger partial charge in [0.1, 0.15) is 0 Å². The molecule has 1 N–H and O–H groups in total. The smallest absolute Gasteiger partial charge is 0.214 e. The van der Waals surface area contributed by atoms with Crippen LogP contribution in [0.3, 0.4) is 0 Å². The molecule has 0 saturated carbocycles. The van der Waals surface area contributed by atoms with Crippen molar-refractivity contribution < 1.29 is 9.59 Å². The first kappa shape index (κ1) is 14.2. The van der Waals surface area contributed by atoms with Crippen LogP contribution in [0.15, 0.2) is 0 Å². The molecule has 0 aromatic rings. The summed E-state index contributed by atoms with van der Waals surface area (Å²) in [5.74, 6) is -0.0786. The molecule has 0 aliphatic heterocycles. The second-order valence-corrected chi connectivity index (χ2v) is 3.41. The molecule has 2 radical (unpaired) electrons. The number of rotatable bonds is 8. The number of hydrogen-bond donors (Lipinski definition) is 1. The molecule has 0 aliphatic carbocycles. The molecule has 0 atom stereocenters. The third-order valence-electron chi connectivity index (χ3n) is 2.06. The summed E-state index contributed by atoms with van der Waals surface area (Å²) < 4.78 is 0. The fourth-order valence-electron chi connectivity index (χ4n) is 1.24. The third-order valence-corrected chi connectivity index (χ3v) is 2.06. The van der Waals surface area contributed by atoms with Crippen LogP contribution in [-0.4, -0.2) is 51.1 Å². The average Bonchev–Trinajstić information content (AvgIpc) is 2.23. The Morgan fingerprint density at radius 2 is 2.07 bits per heavy atom. The molecule has 0 fully saturated rings. The first-order chi connectivity index (χ1) is 7.15. The van der Waals surface area contributed by atoms with Gasteiger partial charge in [0.15, 0.2) is 5.78 Å². The SMILES string of the molecule is [B]CC(=O)N(CCNC)CC(=O)CCC. The van der Waals surface area contributed by atoms with Gasteiger partial charge >= 0.3 is 0 Å². The number of carbonyl (C=O) groups is 2. The Labute approximate surface area is 92.8 Å². The zero-order valence-electron chi connectivity index (χ0n) is 9.58. The maximum Gasteiger partial charge on any atom is 0.214 e. The summed E-state index contributed by atoms with van der Waals surface area (Å²) in [4.78, 5) is 24.3. The van der Waals surface area contributed by atoms with Crippen LogP contribution in [0.4, 0.5) is 0 Å². The topological polar surface area (TPSA) is 49.4 Å². The zero-order valence-corrected chi connectivity index (χ0v) is 9.58. The lowest BCUT2D eigenvalue weighted by atomic mass is 10.0. The first-order valence-electron chi connectivity index (χ1n) is 5.29. The Hall–Kier alpha value is -0.835. The van der Waals surface area contributed by atoms with Gasteiger partial charge in [-0.2, -0.15) is 0 Å². The van der Waals surface area contributed by atoms with Gasteiger partial charge < -0.3 is 10.2 Å². The molecule has 4 nitrogen and oxygen atoms in total. The molecule has 0 heterocycles. The Kier molecular flexibility index (Phi) is 8.00. The summed E-state index contributed by atoms with van der Waals surface area (Å²) in [5.41, 5.74) is 0. The van der Waals surface area contributed by atoms with Crippen LogP contribution in [0.5, 0.6) is 0 Å². The van der Waals surface area contributed by atoms with E-state index in [9.17, 15) is 9.59 Å². The highest BCUT2D eigenvalue weighted by Gasteiger charge is 2.13. The minimum atomic E-state index is -0.172. The predicted octanol–water partition coefficient (Wildman–Crippen LogP) is -0.00960. The lowest BCUT2D eigenvalue weighted by Crippen LogP contribution is -2.39. The summed E-state index contributed by atoms with van der Waals surface area (Å²) in [7, 11) is 7.08. The van der Waals surface area contributed by atoms with Crippen molar-refractivity contribution in [2.24, 2.45) is 0 Å². The molecular weight excluding hydrogens is 191 g/mol. The normalized spacial score (nSPS) is 10.0. The molecule has 5 heteroatoms. The van der Waals surface area contributed by atoms with E-state index in [0.29, 0.717) is 19.5 Å². The van der Waals surface area contributed by atoms with E-state index in [-0.39, 0.29) is 24.6 Å². The van der Waals surface area contributed by atoms with Crippen LogP contribution < -0.4 is 5.32 Å². The molecule has 1 amide bonds. The second kappa shape index (κ2) is 8.47. The summed E-state index contributed by atoms with van der Waals surface area (Å²) in [6.07, 6.45) is 1.30. The average molecular weight is 210 g/mol. The van der Waals surface area contributed by atoms with Crippen molar-refractivity contribution in [1.82, 2.24) is 10.2 Å². The standard InChI is InChI=1S/C10H19BN2O2/c1-3-4-9(14)8-13(6-5-12-2)10(15)7-11/h12H,3-8H2,1-2H3. The second-order valence-electron chi connectivity index (χ2n) is 3.41. The third kappa shape index (κ3) is 6.28. The van der Waals surface area contributed by atoms with Gasteiger partial charge in [-0.1, -0.05) is 6.92 Å². The van der Waals surface area contributed by atoms with Gasteiger partial charge in [-0.25, -0.2) is 0 Å². The quantitative estimate of drug-likeness (QED) is 0.573. The van der Waals surface area contributed by atoms with E-state index >= 15 is 0 Å². The number of carbonyl (C=O) groups excluding carboxylic acids is 2. The molecular formula is C10H19BN2O2. The number of likely N-dealkylation sites (N-methyl/N-ethyl adjacent to an activating group) is 1. The predicted molar refractivity (Wildman–Crippen MR) is 61.0 cm³/mol. The van der Waals surface area contributed by atoms with Gasteiger partial charge in [0.2, 0.25) is 5.91 Å². The number of hydrogen-bond acceptors (Lipinski definition) is 3. The minimum Gasteiger partial charge on any atom is -0.335 e. The van der Waals surface area contributed by atoms with Gasteiger partial charge in [0.05, 0.1) is 14.4 Å². The molecule has 15 heavy (non-hydrogen) atoms. The van der Waals surface area contributed by atoms with Crippen LogP contribution >= 0.6 is 0 Å². The Morgan fingerprint density at radius 3 is 2.53 bits per heavy atom.